The average Bonchev–Trinajstić information content (AvgIpc) is 2.87. The molecular formula is C23H36N8O7S. The summed E-state index contributed by atoms with van der Waals surface area (Å²) in [7, 11) is 0. The van der Waals surface area contributed by atoms with Crippen LogP contribution in [-0.2, 0) is 30.4 Å². The molecule has 1 rings (SSSR count). The van der Waals surface area contributed by atoms with E-state index < -0.39 is 53.8 Å². The van der Waals surface area contributed by atoms with Gasteiger partial charge in [0, 0.05) is 25.1 Å². The lowest BCUT2D eigenvalue weighted by atomic mass is 10.0. The third kappa shape index (κ3) is 12.8. The molecule has 15 nitrogen and oxygen atoms in total. The highest BCUT2D eigenvalue weighted by molar-refractivity contribution is 7.80. The molecule has 4 atom stereocenters. The topological polar surface area (TPSA) is 278 Å². The first-order valence-electron chi connectivity index (χ1n) is 12.0. The Labute approximate surface area is 230 Å². The number of carbonyl (C=O) groups is 5. The number of phenols is 1. The molecule has 4 amide bonds. The van der Waals surface area contributed by atoms with E-state index in [0.29, 0.717) is 5.56 Å². The Kier molecular flexibility index (Phi) is 14.1. The summed E-state index contributed by atoms with van der Waals surface area (Å²) < 4.78 is 0. The minimum absolute atomic E-state index is 0.0129. The fourth-order valence-electron chi connectivity index (χ4n) is 3.29. The number of nitrogens with two attached hydrogens (primary N) is 4. The maximum atomic E-state index is 13.3. The van der Waals surface area contributed by atoms with Gasteiger partial charge in [0.15, 0.2) is 5.96 Å². The van der Waals surface area contributed by atoms with Crippen LogP contribution in [0, 0.1) is 0 Å². The third-order valence-electron chi connectivity index (χ3n) is 5.42. The quantitative estimate of drug-likeness (QED) is 0.0394. The van der Waals surface area contributed by atoms with Gasteiger partial charge in [0.2, 0.25) is 23.6 Å². The highest BCUT2D eigenvalue weighted by Crippen LogP contribution is 2.12. The van der Waals surface area contributed by atoms with Crippen molar-refractivity contribution < 1.29 is 34.2 Å². The second-order valence-electron chi connectivity index (χ2n) is 8.64. The largest absolute Gasteiger partial charge is 0.508 e. The van der Waals surface area contributed by atoms with Crippen molar-refractivity contribution in [1.82, 2.24) is 16.0 Å². The van der Waals surface area contributed by atoms with Gasteiger partial charge in [-0.1, -0.05) is 12.1 Å². The van der Waals surface area contributed by atoms with Gasteiger partial charge in [0.25, 0.3) is 0 Å². The van der Waals surface area contributed by atoms with E-state index >= 15 is 0 Å². The van der Waals surface area contributed by atoms with Gasteiger partial charge in [-0.05, 0) is 37.0 Å². The number of aliphatic carboxylic acids is 1. The number of phenolic OH excluding ortho intramolecular Hbond substituents is 1. The molecule has 0 spiro atoms. The molecule has 0 fully saturated rings. The molecule has 0 aliphatic heterocycles. The number of carboxylic acid groups (broad SMARTS) is 1. The normalized spacial score (nSPS) is 13.7. The summed E-state index contributed by atoms with van der Waals surface area (Å²) in [4.78, 5) is 65.1. The fourth-order valence-corrected chi connectivity index (χ4v) is 3.53. The van der Waals surface area contributed by atoms with Crippen LogP contribution in [0.15, 0.2) is 29.3 Å². The van der Waals surface area contributed by atoms with Crippen molar-refractivity contribution in [3.05, 3.63) is 29.8 Å². The number of thiol groups is 1. The van der Waals surface area contributed by atoms with Gasteiger partial charge in [0.05, 0.1) is 6.04 Å². The molecule has 0 saturated carbocycles. The first-order valence-corrected chi connectivity index (χ1v) is 12.6. The van der Waals surface area contributed by atoms with Crippen LogP contribution in [0.4, 0.5) is 0 Å². The van der Waals surface area contributed by atoms with E-state index in [1.165, 1.54) is 24.3 Å². The highest BCUT2D eigenvalue weighted by Gasteiger charge is 2.30. The number of carboxylic acids is 1. The van der Waals surface area contributed by atoms with Crippen molar-refractivity contribution in [3.8, 4) is 5.75 Å². The van der Waals surface area contributed by atoms with E-state index in [2.05, 4.69) is 33.6 Å². The molecule has 0 saturated heterocycles. The second-order valence-corrected chi connectivity index (χ2v) is 9.00. The smallest absolute Gasteiger partial charge is 0.327 e. The molecule has 4 unspecified atom stereocenters. The van der Waals surface area contributed by atoms with Gasteiger partial charge in [-0.3, -0.25) is 24.2 Å². The summed E-state index contributed by atoms with van der Waals surface area (Å²) in [5.41, 5.74) is 22.1. The van der Waals surface area contributed by atoms with Crippen LogP contribution >= 0.6 is 12.6 Å². The number of hydrogen-bond donors (Lipinski definition) is 10. The monoisotopic (exact) mass is 568 g/mol. The lowest BCUT2D eigenvalue weighted by molar-refractivity contribution is -0.141. The molecule has 13 N–H and O–H groups in total. The summed E-state index contributed by atoms with van der Waals surface area (Å²) in [6.45, 7) is 0.148. The van der Waals surface area contributed by atoms with Crippen LogP contribution in [0.2, 0.25) is 0 Å². The maximum absolute atomic E-state index is 13.3. The zero-order valence-electron chi connectivity index (χ0n) is 21.2. The number of nitrogens with zero attached hydrogens (tertiary/aromatic N) is 1. The molecule has 0 aliphatic carbocycles. The highest BCUT2D eigenvalue weighted by atomic mass is 32.1. The molecule has 1 aromatic rings. The Bertz CT molecular complexity index is 1030. The number of amides is 4. The first kappa shape index (κ1) is 33.0. The Morgan fingerprint density at radius 3 is 1.97 bits per heavy atom. The van der Waals surface area contributed by atoms with E-state index in [9.17, 15) is 34.2 Å². The molecule has 39 heavy (non-hydrogen) atoms. The number of rotatable bonds is 17. The zero-order chi connectivity index (χ0) is 29.5. The van der Waals surface area contributed by atoms with Crippen LogP contribution in [0.25, 0.3) is 0 Å². The van der Waals surface area contributed by atoms with Crippen molar-refractivity contribution in [2.45, 2.75) is 56.3 Å². The molecule has 0 heterocycles. The lowest BCUT2D eigenvalue weighted by Gasteiger charge is -2.25. The number of nitrogens with one attached hydrogen (secondary N) is 3. The Morgan fingerprint density at radius 1 is 0.872 bits per heavy atom. The van der Waals surface area contributed by atoms with Crippen LogP contribution < -0.4 is 38.9 Å². The Morgan fingerprint density at radius 2 is 1.44 bits per heavy atom. The molecule has 16 heteroatoms. The van der Waals surface area contributed by atoms with Gasteiger partial charge >= 0.3 is 5.97 Å². The lowest BCUT2D eigenvalue weighted by Crippen LogP contribution is -2.57. The number of hydrogen-bond acceptors (Lipinski definition) is 9. The molecule has 0 aromatic heterocycles. The fraction of sp³-hybridized carbons (Fsp3) is 0.478. The number of carbonyl (C=O) groups excluding carboxylic acids is 4. The number of aromatic hydroxyl groups is 1. The van der Waals surface area contributed by atoms with Crippen molar-refractivity contribution in [3.63, 3.8) is 0 Å². The molecule has 216 valence electrons. The predicted molar refractivity (Wildman–Crippen MR) is 145 cm³/mol. The number of guanidine groups is 1. The summed E-state index contributed by atoms with van der Waals surface area (Å²) in [5.74, 6) is -4.62. The maximum Gasteiger partial charge on any atom is 0.327 e. The van der Waals surface area contributed by atoms with Crippen molar-refractivity contribution in [1.29, 1.82) is 0 Å². The van der Waals surface area contributed by atoms with Crippen molar-refractivity contribution in [2.24, 2.45) is 27.9 Å². The molecule has 0 bridgehead atoms. The molecule has 0 aliphatic rings. The van der Waals surface area contributed by atoms with Gasteiger partial charge in [-0.15, -0.1) is 0 Å². The number of aliphatic imine (C=N–C) groups is 1. The predicted octanol–water partition coefficient (Wildman–Crippen LogP) is -2.95. The van der Waals surface area contributed by atoms with E-state index in [4.69, 9.17) is 22.9 Å². The van der Waals surface area contributed by atoms with Gasteiger partial charge in [-0.25, -0.2) is 4.79 Å². The van der Waals surface area contributed by atoms with Crippen LogP contribution in [0.1, 0.15) is 31.2 Å². The Hall–Kier alpha value is -4.05. The third-order valence-corrected chi connectivity index (χ3v) is 5.79. The SMILES string of the molecule is NC(=O)CCC(N)C(=O)NC(CCCN=C(N)N)C(=O)NC(Cc1ccc(O)cc1)C(=O)NC(CS)C(=O)O. The van der Waals surface area contributed by atoms with Crippen LogP contribution in [0.3, 0.4) is 0 Å². The van der Waals surface area contributed by atoms with Crippen molar-refractivity contribution in [2.75, 3.05) is 12.3 Å². The van der Waals surface area contributed by atoms with E-state index in [1.54, 1.807) is 0 Å². The standard InChI is InChI=1S/C23H36N8O7S/c24-14(7-8-18(25)33)19(34)29-15(2-1-9-28-23(26)27)20(35)30-16(10-12-3-5-13(32)6-4-12)21(36)31-17(11-39)22(37)38/h3-6,14-17,32,39H,1-2,7-11,24H2,(H2,25,33)(H,29,34)(H,30,35)(H,31,36)(H,37,38)(H4,26,27,28). The molecule has 1 aromatic carbocycles. The van der Waals surface area contributed by atoms with Gasteiger partial charge in [-0.2, -0.15) is 12.6 Å². The summed E-state index contributed by atoms with van der Waals surface area (Å²) in [5, 5.41) is 26.2. The second kappa shape index (κ2) is 16.7. The van der Waals surface area contributed by atoms with Crippen LogP contribution in [-0.4, -0.2) is 82.2 Å². The summed E-state index contributed by atoms with van der Waals surface area (Å²) >= 11 is 3.93. The summed E-state index contributed by atoms with van der Waals surface area (Å²) in [6, 6.07) is 0.945. The van der Waals surface area contributed by atoms with Gasteiger partial charge in [0.1, 0.15) is 23.9 Å². The zero-order valence-corrected chi connectivity index (χ0v) is 22.1. The van der Waals surface area contributed by atoms with Crippen LogP contribution in [0.5, 0.6) is 5.75 Å². The van der Waals surface area contributed by atoms with Crippen molar-refractivity contribution >= 4 is 48.2 Å². The molecule has 0 radical (unpaired) electrons. The van der Waals surface area contributed by atoms with E-state index in [-0.39, 0.29) is 56.1 Å². The first-order chi connectivity index (χ1) is 18.3. The number of primary amides is 1. The van der Waals surface area contributed by atoms with Gasteiger partial charge < -0.3 is 49.1 Å². The minimum atomic E-state index is -1.32. The minimum Gasteiger partial charge on any atom is -0.508 e. The van der Waals surface area contributed by atoms with E-state index in [0.717, 1.165) is 0 Å². The summed E-state index contributed by atoms with van der Waals surface area (Å²) in [6.07, 6.45) is 0.0706. The molecular weight excluding hydrogens is 532 g/mol. The average molecular weight is 569 g/mol. The van der Waals surface area contributed by atoms with E-state index in [1.807, 2.05) is 0 Å². The Balaban J connectivity index is 3.14. The number of benzene rings is 1.